The van der Waals surface area contributed by atoms with E-state index in [1.54, 1.807) is 6.07 Å². The molecule has 0 radical (unpaired) electrons. The average Bonchev–Trinajstić information content (AvgIpc) is 2.72. The minimum atomic E-state index is 0.0141. The van der Waals surface area contributed by atoms with Gasteiger partial charge in [-0.1, -0.05) is 90.5 Å². The minimum absolute atomic E-state index is 0.0141. The molecule has 0 aliphatic carbocycles. The fourth-order valence-corrected chi connectivity index (χ4v) is 3.28. The van der Waals surface area contributed by atoms with Gasteiger partial charge in [0.25, 0.3) is 5.56 Å². The van der Waals surface area contributed by atoms with Crippen LogP contribution in [0.4, 0.5) is 0 Å². The number of rotatable bonds is 4. The minimum Gasteiger partial charge on any atom is -0.304 e. The Morgan fingerprint density at radius 2 is 1.26 bits per heavy atom. The van der Waals surface area contributed by atoms with Crippen LogP contribution in [0, 0.1) is 6.92 Å². The predicted molar refractivity (Wildman–Crippen MR) is 112 cm³/mol. The second-order valence-electron chi connectivity index (χ2n) is 6.76. The maximum absolute atomic E-state index is 12.5. The van der Waals surface area contributed by atoms with Gasteiger partial charge in [0.05, 0.1) is 12.2 Å². The zero-order chi connectivity index (χ0) is 18.6. The van der Waals surface area contributed by atoms with Gasteiger partial charge in [-0.25, -0.2) is 0 Å². The van der Waals surface area contributed by atoms with Crippen molar-refractivity contribution in [2.24, 2.45) is 0 Å². The van der Waals surface area contributed by atoms with E-state index in [-0.39, 0.29) is 5.56 Å². The Bertz CT molecular complexity index is 1090. The lowest BCUT2D eigenvalue weighted by Gasteiger charge is -2.14. The van der Waals surface area contributed by atoms with Crippen LogP contribution in [0.1, 0.15) is 11.1 Å². The lowest BCUT2D eigenvalue weighted by Crippen LogP contribution is -2.21. The molecule has 0 saturated carbocycles. The van der Waals surface area contributed by atoms with E-state index < -0.39 is 0 Å². The molecule has 0 saturated heterocycles. The molecular weight excluding hydrogens is 330 g/mol. The van der Waals surface area contributed by atoms with E-state index in [1.807, 2.05) is 34.9 Å². The van der Waals surface area contributed by atoms with Gasteiger partial charge in [-0.05, 0) is 35.2 Å². The maximum Gasteiger partial charge on any atom is 0.251 e. The van der Waals surface area contributed by atoms with Crippen molar-refractivity contribution in [3.05, 3.63) is 119 Å². The SMILES string of the molecule is Cc1ccc(Cn2c(-c3ccc(-c4ccccc4)cc3)cccc2=O)cc1. The van der Waals surface area contributed by atoms with Gasteiger partial charge in [-0.2, -0.15) is 0 Å². The largest absolute Gasteiger partial charge is 0.304 e. The number of pyridine rings is 1. The Labute approximate surface area is 159 Å². The first-order valence-electron chi connectivity index (χ1n) is 9.12. The molecule has 27 heavy (non-hydrogen) atoms. The van der Waals surface area contributed by atoms with Crippen LogP contribution in [0.2, 0.25) is 0 Å². The summed E-state index contributed by atoms with van der Waals surface area (Å²) in [5, 5.41) is 0. The van der Waals surface area contributed by atoms with Gasteiger partial charge < -0.3 is 4.57 Å². The van der Waals surface area contributed by atoms with Crippen LogP contribution in [-0.2, 0) is 6.54 Å². The van der Waals surface area contributed by atoms with Gasteiger partial charge in [0.15, 0.2) is 0 Å². The second-order valence-corrected chi connectivity index (χ2v) is 6.76. The predicted octanol–water partition coefficient (Wildman–Crippen LogP) is 5.54. The first-order chi connectivity index (χ1) is 13.2. The summed E-state index contributed by atoms with van der Waals surface area (Å²) in [4.78, 5) is 12.5. The van der Waals surface area contributed by atoms with Crippen LogP contribution in [-0.4, -0.2) is 4.57 Å². The number of benzene rings is 3. The lowest BCUT2D eigenvalue weighted by molar-refractivity contribution is 0.768. The van der Waals surface area contributed by atoms with E-state index in [9.17, 15) is 4.79 Å². The zero-order valence-corrected chi connectivity index (χ0v) is 15.3. The Hall–Kier alpha value is -3.39. The molecule has 0 aliphatic heterocycles. The summed E-state index contributed by atoms with van der Waals surface area (Å²) in [6, 6.07) is 32.5. The summed E-state index contributed by atoms with van der Waals surface area (Å²) < 4.78 is 1.84. The molecule has 4 rings (SSSR count). The van der Waals surface area contributed by atoms with Crippen molar-refractivity contribution < 1.29 is 0 Å². The van der Waals surface area contributed by atoms with Crippen molar-refractivity contribution in [3.63, 3.8) is 0 Å². The molecule has 0 aliphatic rings. The average molecular weight is 351 g/mol. The molecule has 0 spiro atoms. The Morgan fingerprint density at radius 1 is 0.630 bits per heavy atom. The van der Waals surface area contributed by atoms with Crippen molar-refractivity contribution in [1.82, 2.24) is 4.57 Å². The number of aromatic nitrogens is 1. The highest BCUT2D eigenvalue weighted by Crippen LogP contribution is 2.24. The van der Waals surface area contributed by atoms with Crippen LogP contribution in [0.5, 0.6) is 0 Å². The fraction of sp³-hybridized carbons (Fsp3) is 0.0800. The smallest absolute Gasteiger partial charge is 0.251 e. The summed E-state index contributed by atoms with van der Waals surface area (Å²) in [5.74, 6) is 0. The van der Waals surface area contributed by atoms with E-state index in [0.29, 0.717) is 6.54 Å². The molecule has 4 aromatic rings. The summed E-state index contributed by atoms with van der Waals surface area (Å²) in [6.45, 7) is 2.63. The highest BCUT2D eigenvalue weighted by molar-refractivity contribution is 5.69. The molecule has 0 N–H and O–H groups in total. The molecule has 1 aromatic heterocycles. The van der Waals surface area contributed by atoms with E-state index >= 15 is 0 Å². The summed E-state index contributed by atoms with van der Waals surface area (Å²) in [7, 11) is 0. The van der Waals surface area contributed by atoms with Crippen LogP contribution in [0.15, 0.2) is 102 Å². The number of aryl methyl sites for hydroxylation is 1. The molecule has 0 amide bonds. The highest BCUT2D eigenvalue weighted by Gasteiger charge is 2.07. The normalized spacial score (nSPS) is 10.7. The standard InChI is InChI=1S/C25H21NO/c1-19-10-12-20(13-11-19)18-26-24(8-5-9-25(26)27)23-16-14-22(15-17-23)21-6-3-2-4-7-21/h2-17H,18H2,1H3. The highest BCUT2D eigenvalue weighted by atomic mass is 16.1. The number of nitrogens with zero attached hydrogens (tertiary/aromatic N) is 1. The third kappa shape index (κ3) is 3.75. The quantitative estimate of drug-likeness (QED) is 0.473. The van der Waals surface area contributed by atoms with Gasteiger partial charge in [0, 0.05) is 6.07 Å². The van der Waals surface area contributed by atoms with Crippen molar-refractivity contribution in [2.45, 2.75) is 13.5 Å². The van der Waals surface area contributed by atoms with Crippen LogP contribution in [0.25, 0.3) is 22.4 Å². The molecule has 0 bridgehead atoms. The number of hydrogen-bond acceptors (Lipinski definition) is 1. The third-order valence-electron chi connectivity index (χ3n) is 4.80. The molecule has 0 unspecified atom stereocenters. The first-order valence-corrected chi connectivity index (χ1v) is 9.12. The van der Waals surface area contributed by atoms with Gasteiger partial charge in [-0.15, -0.1) is 0 Å². The number of hydrogen-bond donors (Lipinski definition) is 0. The summed E-state index contributed by atoms with van der Waals surface area (Å²) >= 11 is 0. The van der Waals surface area contributed by atoms with Crippen molar-refractivity contribution in [3.8, 4) is 22.4 Å². The Balaban J connectivity index is 1.70. The fourth-order valence-electron chi connectivity index (χ4n) is 3.28. The lowest BCUT2D eigenvalue weighted by atomic mass is 10.0. The van der Waals surface area contributed by atoms with E-state index in [4.69, 9.17) is 0 Å². The topological polar surface area (TPSA) is 22.0 Å². The molecule has 2 heteroatoms. The van der Waals surface area contributed by atoms with Gasteiger partial charge in [0.2, 0.25) is 0 Å². The monoisotopic (exact) mass is 351 g/mol. The third-order valence-corrected chi connectivity index (χ3v) is 4.80. The van der Waals surface area contributed by atoms with E-state index in [1.165, 1.54) is 16.7 Å². The van der Waals surface area contributed by atoms with Crippen molar-refractivity contribution >= 4 is 0 Å². The van der Waals surface area contributed by atoms with Crippen LogP contribution < -0.4 is 5.56 Å². The van der Waals surface area contributed by atoms with Gasteiger partial charge in [0.1, 0.15) is 0 Å². The molecular formula is C25H21NO. The summed E-state index contributed by atoms with van der Waals surface area (Å²) in [5.41, 5.74) is 6.69. The Morgan fingerprint density at radius 3 is 1.96 bits per heavy atom. The first kappa shape index (κ1) is 17.0. The van der Waals surface area contributed by atoms with Gasteiger partial charge >= 0.3 is 0 Å². The Kier molecular flexibility index (Phi) is 4.71. The zero-order valence-electron chi connectivity index (χ0n) is 15.3. The molecule has 1 heterocycles. The maximum atomic E-state index is 12.5. The molecule has 2 nitrogen and oxygen atoms in total. The second kappa shape index (κ2) is 7.46. The van der Waals surface area contributed by atoms with Gasteiger partial charge in [-0.3, -0.25) is 4.79 Å². The molecule has 3 aromatic carbocycles. The molecule has 132 valence electrons. The van der Waals surface area contributed by atoms with Crippen molar-refractivity contribution in [1.29, 1.82) is 0 Å². The molecule has 0 atom stereocenters. The van der Waals surface area contributed by atoms with Crippen LogP contribution in [0.3, 0.4) is 0 Å². The van der Waals surface area contributed by atoms with E-state index in [2.05, 4.69) is 67.6 Å². The molecule has 0 fully saturated rings. The van der Waals surface area contributed by atoms with E-state index in [0.717, 1.165) is 16.8 Å². The van der Waals surface area contributed by atoms with Crippen molar-refractivity contribution in [2.75, 3.05) is 0 Å². The summed E-state index contributed by atoms with van der Waals surface area (Å²) in [6.07, 6.45) is 0. The van der Waals surface area contributed by atoms with Crippen LogP contribution >= 0.6 is 0 Å².